The first-order valence-electron chi connectivity index (χ1n) is 7.52. The van der Waals surface area contributed by atoms with Crippen molar-refractivity contribution in [2.45, 2.75) is 52.1 Å². The predicted molar refractivity (Wildman–Crippen MR) is 84.1 cm³/mol. The van der Waals surface area contributed by atoms with E-state index >= 15 is 0 Å². The van der Waals surface area contributed by atoms with Gasteiger partial charge >= 0.3 is 0 Å². The number of nitrogens with one attached hydrogen (secondary N) is 1. The summed E-state index contributed by atoms with van der Waals surface area (Å²) in [5, 5.41) is 4.27. The van der Waals surface area contributed by atoms with E-state index in [0.29, 0.717) is 0 Å². The molecule has 1 aromatic carbocycles. The van der Waals surface area contributed by atoms with Gasteiger partial charge in [-0.25, -0.2) is 0 Å². The Hall–Kier alpha value is -0.730. The van der Waals surface area contributed by atoms with Crippen molar-refractivity contribution in [2.24, 2.45) is 0 Å². The Morgan fingerprint density at radius 2 is 2.11 bits per heavy atom. The monoisotopic (exact) mass is 280 g/mol. The van der Waals surface area contributed by atoms with Gasteiger partial charge in [-0.2, -0.15) is 0 Å². The lowest BCUT2D eigenvalue weighted by molar-refractivity contribution is 0.693. The van der Waals surface area contributed by atoms with Crippen molar-refractivity contribution in [3.63, 3.8) is 0 Å². The number of nitrogens with zero attached hydrogens (tertiary/aromatic N) is 1. The number of unbranched alkanes of at least 4 members (excludes halogenated alkanes) is 1. The SMILES string of the molecule is CCCCN(c1cc(Cl)ccc1CNCC)C1CC1. The van der Waals surface area contributed by atoms with Gasteiger partial charge in [0.1, 0.15) is 0 Å². The van der Waals surface area contributed by atoms with Crippen molar-refractivity contribution in [3.05, 3.63) is 28.8 Å². The molecule has 19 heavy (non-hydrogen) atoms. The second-order valence-electron chi connectivity index (χ2n) is 5.33. The highest BCUT2D eigenvalue weighted by Gasteiger charge is 2.29. The molecular formula is C16H25ClN2. The molecule has 0 bridgehead atoms. The Labute approximate surface area is 122 Å². The summed E-state index contributed by atoms with van der Waals surface area (Å²) < 4.78 is 0. The maximum absolute atomic E-state index is 6.21. The molecule has 106 valence electrons. The molecule has 2 nitrogen and oxygen atoms in total. The molecule has 1 saturated carbocycles. The maximum atomic E-state index is 6.21. The molecule has 0 heterocycles. The van der Waals surface area contributed by atoms with E-state index in [9.17, 15) is 0 Å². The third-order valence-corrected chi connectivity index (χ3v) is 3.90. The summed E-state index contributed by atoms with van der Waals surface area (Å²) in [6.45, 7) is 7.48. The number of halogens is 1. The summed E-state index contributed by atoms with van der Waals surface area (Å²) in [6, 6.07) is 7.05. The van der Waals surface area contributed by atoms with E-state index in [-0.39, 0.29) is 0 Å². The fourth-order valence-corrected chi connectivity index (χ4v) is 2.59. The van der Waals surface area contributed by atoms with Crippen LogP contribution in [0.5, 0.6) is 0 Å². The number of benzene rings is 1. The fourth-order valence-electron chi connectivity index (χ4n) is 2.43. The zero-order chi connectivity index (χ0) is 13.7. The van der Waals surface area contributed by atoms with Gasteiger partial charge in [-0.1, -0.05) is 37.9 Å². The molecule has 0 aliphatic heterocycles. The largest absolute Gasteiger partial charge is 0.368 e. The molecule has 0 radical (unpaired) electrons. The quantitative estimate of drug-likeness (QED) is 0.767. The normalized spacial score (nSPS) is 14.7. The number of hydrogen-bond acceptors (Lipinski definition) is 2. The first-order chi connectivity index (χ1) is 9.26. The summed E-state index contributed by atoms with van der Waals surface area (Å²) >= 11 is 6.21. The van der Waals surface area contributed by atoms with Gasteiger partial charge in [0.15, 0.2) is 0 Å². The van der Waals surface area contributed by atoms with Gasteiger partial charge in [-0.3, -0.25) is 0 Å². The van der Waals surface area contributed by atoms with Gasteiger partial charge in [-0.05, 0) is 43.5 Å². The molecular weight excluding hydrogens is 256 g/mol. The van der Waals surface area contributed by atoms with E-state index in [1.54, 1.807) is 0 Å². The van der Waals surface area contributed by atoms with Gasteiger partial charge in [0.2, 0.25) is 0 Å². The lowest BCUT2D eigenvalue weighted by atomic mass is 10.1. The molecule has 0 atom stereocenters. The Morgan fingerprint density at radius 3 is 2.74 bits per heavy atom. The second-order valence-corrected chi connectivity index (χ2v) is 5.77. The van der Waals surface area contributed by atoms with Crippen molar-refractivity contribution in [1.82, 2.24) is 5.32 Å². The zero-order valence-electron chi connectivity index (χ0n) is 12.1. The molecule has 0 spiro atoms. The van der Waals surface area contributed by atoms with E-state index < -0.39 is 0 Å². The van der Waals surface area contributed by atoms with Gasteiger partial charge < -0.3 is 10.2 Å². The van der Waals surface area contributed by atoms with Gasteiger partial charge in [0, 0.05) is 29.8 Å². The number of hydrogen-bond donors (Lipinski definition) is 1. The third kappa shape index (κ3) is 4.12. The molecule has 1 aliphatic rings. The van der Waals surface area contributed by atoms with E-state index in [0.717, 1.165) is 30.7 Å². The molecule has 1 aliphatic carbocycles. The number of rotatable bonds is 8. The Balaban J connectivity index is 2.19. The molecule has 1 N–H and O–H groups in total. The molecule has 0 aromatic heterocycles. The topological polar surface area (TPSA) is 15.3 Å². The third-order valence-electron chi connectivity index (χ3n) is 3.66. The summed E-state index contributed by atoms with van der Waals surface area (Å²) in [5.74, 6) is 0. The molecule has 0 unspecified atom stereocenters. The zero-order valence-corrected chi connectivity index (χ0v) is 12.8. The first kappa shape index (κ1) is 14.7. The van der Waals surface area contributed by atoms with E-state index in [1.807, 2.05) is 6.07 Å². The highest BCUT2D eigenvalue weighted by atomic mass is 35.5. The van der Waals surface area contributed by atoms with Gasteiger partial charge in [0.25, 0.3) is 0 Å². The fraction of sp³-hybridized carbons (Fsp3) is 0.625. The summed E-state index contributed by atoms with van der Waals surface area (Å²) in [5.41, 5.74) is 2.71. The standard InChI is InChI=1S/C16H25ClN2/c1-3-5-10-19(15-8-9-15)16-11-14(17)7-6-13(16)12-18-4-2/h6-7,11,15,18H,3-5,8-10,12H2,1-2H3. The molecule has 1 aromatic rings. The van der Waals surface area contributed by atoms with Crippen LogP contribution in [0.3, 0.4) is 0 Å². The lowest BCUT2D eigenvalue weighted by Crippen LogP contribution is -2.28. The molecule has 0 amide bonds. The second kappa shape index (κ2) is 7.16. The Kier molecular flexibility index (Phi) is 5.53. The first-order valence-corrected chi connectivity index (χ1v) is 7.89. The molecule has 2 rings (SSSR count). The lowest BCUT2D eigenvalue weighted by Gasteiger charge is -2.27. The molecule has 0 saturated heterocycles. The van der Waals surface area contributed by atoms with Crippen molar-refractivity contribution in [3.8, 4) is 0 Å². The van der Waals surface area contributed by atoms with Crippen LogP contribution in [-0.4, -0.2) is 19.1 Å². The minimum absolute atomic E-state index is 0.741. The molecule has 3 heteroatoms. The van der Waals surface area contributed by atoms with Crippen LogP contribution in [0.15, 0.2) is 18.2 Å². The minimum Gasteiger partial charge on any atom is -0.368 e. The van der Waals surface area contributed by atoms with Crippen molar-refractivity contribution >= 4 is 17.3 Å². The van der Waals surface area contributed by atoms with E-state index in [2.05, 4.69) is 36.2 Å². The predicted octanol–water partition coefficient (Wildman–Crippen LogP) is 4.22. The highest BCUT2D eigenvalue weighted by molar-refractivity contribution is 6.30. The average Bonchev–Trinajstić information content (AvgIpc) is 3.23. The van der Waals surface area contributed by atoms with Crippen LogP contribution in [0.2, 0.25) is 5.02 Å². The smallest absolute Gasteiger partial charge is 0.0429 e. The Bertz CT molecular complexity index is 402. The van der Waals surface area contributed by atoms with Crippen LogP contribution >= 0.6 is 11.6 Å². The van der Waals surface area contributed by atoms with Crippen LogP contribution in [-0.2, 0) is 6.54 Å². The number of anilines is 1. The van der Waals surface area contributed by atoms with Crippen LogP contribution in [0.4, 0.5) is 5.69 Å². The Morgan fingerprint density at radius 1 is 1.32 bits per heavy atom. The van der Waals surface area contributed by atoms with Crippen LogP contribution < -0.4 is 10.2 Å². The minimum atomic E-state index is 0.741. The van der Waals surface area contributed by atoms with Crippen molar-refractivity contribution < 1.29 is 0 Å². The molecule has 1 fully saturated rings. The van der Waals surface area contributed by atoms with E-state index in [4.69, 9.17) is 11.6 Å². The van der Waals surface area contributed by atoms with Gasteiger partial charge in [0.05, 0.1) is 0 Å². The summed E-state index contributed by atoms with van der Waals surface area (Å²) in [4.78, 5) is 2.57. The van der Waals surface area contributed by atoms with E-state index in [1.165, 1.54) is 36.9 Å². The van der Waals surface area contributed by atoms with Crippen molar-refractivity contribution in [1.29, 1.82) is 0 Å². The highest BCUT2D eigenvalue weighted by Crippen LogP contribution is 2.35. The maximum Gasteiger partial charge on any atom is 0.0429 e. The van der Waals surface area contributed by atoms with Crippen LogP contribution in [0.25, 0.3) is 0 Å². The van der Waals surface area contributed by atoms with Crippen LogP contribution in [0, 0.1) is 0 Å². The summed E-state index contributed by atoms with van der Waals surface area (Å²) in [6.07, 6.45) is 5.16. The van der Waals surface area contributed by atoms with Gasteiger partial charge in [-0.15, -0.1) is 0 Å². The van der Waals surface area contributed by atoms with Crippen molar-refractivity contribution in [2.75, 3.05) is 18.0 Å². The van der Waals surface area contributed by atoms with Crippen LogP contribution in [0.1, 0.15) is 45.1 Å². The average molecular weight is 281 g/mol. The summed E-state index contributed by atoms with van der Waals surface area (Å²) in [7, 11) is 0.